The monoisotopic (exact) mass is 250 g/mol. The maximum absolute atomic E-state index is 12.0. The number of hydrogen-bond donors (Lipinski definition) is 2. The van der Waals surface area contributed by atoms with Gasteiger partial charge in [0.15, 0.2) is 0 Å². The SMILES string of the molecule is CCC(C)C(=O)C(Cc1ccc(O)cc1)C(=O)O. The molecule has 0 fully saturated rings. The van der Waals surface area contributed by atoms with Crippen molar-refractivity contribution in [2.45, 2.75) is 26.7 Å². The first kappa shape index (κ1) is 14.2. The van der Waals surface area contributed by atoms with E-state index >= 15 is 0 Å². The molecule has 2 N–H and O–H groups in total. The molecule has 0 aliphatic rings. The van der Waals surface area contributed by atoms with Crippen LogP contribution < -0.4 is 0 Å². The van der Waals surface area contributed by atoms with Crippen LogP contribution >= 0.6 is 0 Å². The van der Waals surface area contributed by atoms with Gasteiger partial charge in [0, 0.05) is 5.92 Å². The van der Waals surface area contributed by atoms with E-state index in [0.717, 1.165) is 5.56 Å². The fourth-order valence-electron chi connectivity index (χ4n) is 1.72. The molecule has 0 saturated carbocycles. The predicted molar refractivity (Wildman–Crippen MR) is 67.4 cm³/mol. The highest BCUT2D eigenvalue weighted by atomic mass is 16.4. The number of aliphatic carboxylic acids is 1. The Bertz CT molecular complexity index is 422. The van der Waals surface area contributed by atoms with Crippen molar-refractivity contribution in [3.8, 4) is 5.75 Å². The van der Waals surface area contributed by atoms with Crippen LogP contribution in [0.25, 0.3) is 0 Å². The molecule has 18 heavy (non-hydrogen) atoms. The molecule has 98 valence electrons. The van der Waals surface area contributed by atoms with Crippen molar-refractivity contribution in [2.24, 2.45) is 11.8 Å². The lowest BCUT2D eigenvalue weighted by Crippen LogP contribution is -2.30. The van der Waals surface area contributed by atoms with Gasteiger partial charge in [-0.3, -0.25) is 9.59 Å². The zero-order chi connectivity index (χ0) is 13.7. The van der Waals surface area contributed by atoms with E-state index in [2.05, 4.69) is 0 Å². The molecule has 1 aromatic carbocycles. The lowest BCUT2D eigenvalue weighted by molar-refractivity contribution is -0.147. The number of carboxylic acids is 1. The zero-order valence-corrected chi connectivity index (χ0v) is 10.6. The van der Waals surface area contributed by atoms with Crippen LogP contribution in [0.4, 0.5) is 0 Å². The first-order valence-corrected chi connectivity index (χ1v) is 6.00. The van der Waals surface area contributed by atoms with Crippen molar-refractivity contribution in [3.63, 3.8) is 0 Å². The minimum absolute atomic E-state index is 0.124. The summed E-state index contributed by atoms with van der Waals surface area (Å²) in [5.74, 6) is -2.46. The summed E-state index contributed by atoms with van der Waals surface area (Å²) in [6, 6.07) is 6.24. The Hall–Kier alpha value is -1.84. The summed E-state index contributed by atoms with van der Waals surface area (Å²) in [5.41, 5.74) is 0.733. The Morgan fingerprint density at radius 3 is 2.22 bits per heavy atom. The minimum Gasteiger partial charge on any atom is -0.508 e. The summed E-state index contributed by atoms with van der Waals surface area (Å²) < 4.78 is 0. The highest BCUT2D eigenvalue weighted by Gasteiger charge is 2.29. The van der Waals surface area contributed by atoms with Gasteiger partial charge < -0.3 is 10.2 Å². The molecule has 0 heterocycles. The number of rotatable bonds is 6. The number of ketones is 1. The lowest BCUT2D eigenvalue weighted by Gasteiger charge is -2.15. The Kier molecular flexibility index (Phi) is 4.89. The van der Waals surface area contributed by atoms with E-state index in [1.54, 1.807) is 19.1 Å². The molecule has 4 nitrogen and oxygen atoms in total. The van der Waals surface area contributed by atoms with Gasteiger partial charge in [-0.05, 0) is 30.5 Å². The number of benzene rings is 1. The molecule has 0 aliphatic carbocycles. The van der Waals surface area contributed by atoms with Gasteiger partial charge in [0.05, 0.1) is 0 Å². The van der Waals surface area contributed by atoms with E-state index in [-0.39, 0.29) is 23.9 Å². The van der Waals surface area contributed by atoms with Crippen LogP contribution in [0.1, 0.15) is 25.8 Å². The first-order valence-electron chi connectivity index (χ1n) is 6.00. The van der Waals surface area contributed by atoms with E-state index in [9.17, 15) is 9.59 Å². The molecule has 0 amide bonds. The number of hydrogen-bond acceptors (Lipinski definition) is 3. The molecule has 0 bridgehead atoms. The fraction of sp³-hybridized carbons (Fsp3) is 0.429. The average Bonchev–Trinajstić information content (AvgIpc) is 2.36. The Morgan fingerprint density at radius 2 is 1.78 bits per heavy atom. The Morgan fingerprint density at radius 1 is 1.22 bits per heavy atom. The molecule has 0 saturated heterocycles. The quantitative estimate of drug-likeness (QED) is 0.759. The van der Waals surface area contributed by atoms with Gasteiger partial charge in [-0.2, -0.15) is 0 Å². The number of carbonyl (C=O) groups is 2. The second-order valence-electron chi connectivity index (χ2n) is 4.47. The summed E-state index contributed by atoms with van der Waals surface area (Å²) >= 11 is 0. The predicted octanol–water partition coefficient (Wildman–Crippen LogP) is 2.25. The Labute approximate surface area is 106 Å². The molecule has 4 heteroatoms. The topological polar surface area (TPSA) is 74.6 Å². The first-order chi connectivity index (χ1) is 8.45. The average molecular weight is 250 g/mol. The summed E-state index contributed by atoms with van der Waals surface area (Å²) in [4.78, 5) is 23.1. The van der Waals surface area contributed by atoms with E-state index in [1.807, 2.05) is 6.92 Å². The number of carboxylic acid groups (broad SMARTS) is 1. The lowest BCUT2D eigenvalue weighted by atomic mass is 9.87. The molecule has 0 aromatic heterocycles. The largest absolute Gasteiger partial charge is 0.508 e. The third-order valence-corrected chi connectivity index (χ3v) is 3.12. The zero-order valence-electron chi connectivity index (χ0n) is 10.6. The van der Waals surface area contributed by atoms with Crippen LogP contribution in [0, 0.1) is 11.8 Å². The molecular formula is C14H18O4. The molecule has 2 atom stereocenters. The second kappa shape index (κ2) is 6.19. The molecule has 1 rings (SSSR count). The minimum atomic E-state index is -1.09. The van der Waals surface area contributed by atoms with E-state index in [1.165, 1.54) is 12.1 Å². The smallest absolute Gasteiger partial charge is 0.314 e. The number of Topliss-reactive ketones (excluding diaryl/α,β-unsaturated/α-hetero) is 1. The second-order valence-corrected chi connectivity index (χ2v) is 4.47. The van der Waals surface area contributed by atoms with Gasteiger partial charge in [0.2, 0.25) is 0 Å². The van der Waals surface area contributed by atoms with Crippen molar-refractivity contribution >= 4 is 11.8 Å². The van der Waals surface area contributed by atoms with Gasteiger partial charge in [-0.15, -0.1) is 0 Å². The highest BCUT2D eigenvalue weighted by Crippen LogP contribution is 2.18. The van der Waals surface area contributed by atoms with Crippen LogP contribution in [0.2, 0.25) is 0 Å². The van der Waals surface area contributed by atoms with Crippen molar-refractivity contribution < 1.29 is 19.8 Å². The van der Waals surface area contributed by atoms with Crippen LogP contribution in [-0.4, -0.2) is 22.0 Å². The van der Waals surface area contributed by atoms with Crippen molar-refractivity contribution in [3.05, 3.63) is 29.8 Å². The van der Waals surface area contributed by atoms with Crippen molar-refractivity contribution in [1.82, 2.24) is 0 Å². The number of aromatic hydroxyl groups is 1. The number of phenols is 1. The van der Waals surface area contributed by atoms with Gasteiger partial charge in [-0.1, -0.05) is 26.0 Å². The van der Waals surface area contributed by atoms with Crippen LogP contribution in [-0.2, 0) is 16.0 Å². The van der Waals surface area contributed by atoms with Gasteiger partial charge in [-0.25, -0.2) is 0 Å². The fourth-order valence-corrected chi connectivity index (χ4v) is 1.72. The normalized spacial score (nSPS) is 13.9. The highest BCUT2D eigenvalue weighted by molar-refractivity contribution is 5.99. The van der Waals surface area contributed by atoms with Gasteiger partial charge in [0.1, 0.15) is 17.5 Å². The molecule has 0 aliphatic heterocycles. The third kappa shape index (κ3) is 3.58. The molecule has 2 unspecified atom stereocenters. The molecule has 1 aromatic rings. The standard InChI is InChI=1S/C14H18O4/c1-3-9(2)13(16)12(14(17)18)8-10-4-6-11(15)7-5-10/h4-7,9,12,15H,3,8H2,1-2H3,(H,17,18). The van der Waals surface area contributed by atoms with E-state index in [0.29, 0.717) is 6.42 Å². The number of carbonyl (C=O) groups excluding carboxylic acids is 1. The van der Waals surface area contributed by atoms with Crippen molar-refractivity contribution in [2.75, 3.05) is 0 Å². The molecule has 0 radical (unpaired) electrons. The van der Waals surface area contributed by atoms with Gasteiger partial charge in [0.25, 0.3) is 0 Å². The number of phenolic OH excluding ortho intramolecular Hbond substituents is 1. The van der Waals surface area contributed by atoms with Gasteiger partial charge >= 0.3 is 5.97 Å². The summed E-state index contributed by atoms with van der Waals surface area (Å²) in [6.07, 6.45) is 0.803. The maximum atomic E-state index is 12.0. The van der Waals surface area contributed by atoms with E-state index < -0.39 is 11.9 Å². The van der Waals surface area contributed by atoms with Crippen LogP contribution in [0.15, 0.2) is 24.3 Å². The Balaban J connectivity index is 2.84. The van der Waals surface area contributed by atoms with Crippen LogP contribution in [0.5, 0.6) is 5.75 Å². The molecular weight excluding hydrogens is 232 g/mol. The molecule has 0 spiro atoms. The summed E-state index contributed by atoms with van der Waals surface area (Å²) in [6.45, 7) is 3.61. The third-order valence-electron chi connectivity index (χ3n) is 3.12. The summed E-state index contributed by atoms with van der Waals surface area (Å²) in [5, 5.41) is 18.3. The van der Waals surface area contributed by atoms with E-state index in [4.69, 9.17) is 10.2 Å². The van der Waals surface area contributed by atoms with Crippen LogP contribution in [0.3, 0.4) is 0 Å². The summed E-state index contributed by atoms with van der Waals surface area (Å²) in [7, 11) is 0. The van der Waals surface area contributed by atoms with Crippen molar-refractivity contribution in [1.29, 1.82) is 0 Å². The maximum Gasteiger partial charge on any atom is 0.314 e.